The molecule has 8 rings (SSSR count). The van der Waals surface area contributed by atoms with Crippen LogP contribution in [0.4, 0.5) is 0 Å². The van der Waals surface area contributed by atoms with Crippen LogP contribution in [-0.4, -0.2) is 0 Å². The molecular weight excluding hydrogens is 480 g/mol. The summed E-state index contributed by atoms with van der Waals surface area (Å²) >= 11 is 0. The van der Waals surface area contributed by atoms with Crippen molar-refractivity contribution in [2.24, 2.45) is 0 Å². The maximum Gasteiger partial charge on any atom is -0.00259 e. The van der Waals surface area contributed by atoms with Gasteiger partial charge in [0, 0.05) is 0 Å². The fraction of sp³-hybridized carbons (Fsp3) is 0. The summed E-state index contributed by atoms with van der Waals surface area (Å²) in [7, 11) is 0. The van der Waals surface area contributed by atoms with Gasteiger partial charge in [-0.05, 0) is 94.7 Å². The lowest BCUT2D eigenvalue weighted by Crippen LogP contribution is -1.92. The SMILES string of the molecule is c1ccc(-c2c3ccccc3c(-c3ccc4ccccc4c3)c3cc(-c4ccc5ccccc5c4)ccc23)cc1. The maximum absolute atomic E-state index is 2.41. The minimum atomic E-state index is 1.23. The third kappa shape index (κ3) is 3.69. The minimum Gasteiger partial charge on any atom is -0.0622 e. The molecule has 0 N–H and O–H groups in total. The van der Waals surface area contributed by atoms with Gasteiger partial charge in [-0.25, -0.2) is 0 Å². The highest BCUT2D eigenvalue weighted by molar-refractivity contribution is 6.22. The first-order chi connectivity index (χ1) is 19.8. The largest absolute Gasteiger partial charge is 0.0622 e. The van der Waals surface area contributed by atoms with Crippen LogP contribution in [0.3, 0.4) is 0 Å². The monoisotopic (exact) mass is 506 g/mol. The molecule has 0 aliphatic carbocycles. The molecule has 0 aliphatic heterocycles. The molecule has 0 saturated carbocycles. The molecule has 40 heavy (non-hydrogen) atoms. The van der Waals surface area contributed by atoms with E-state index in [0.717, 1.165) is 0 Å². The Balaban J connectivity index is 1.49. The highest BCUT2D eigenvalue weighted by atomic mass is 14.2. The van der Waals surface area contributed by atoms with Gasteiger partial charge in [0.05, 0.1) is 0 Å². The smallest absolute Gasteiger partial charge is 0.00259 e. The summed E-state index contributed by atoms with van der Waals surface area (Å²) in [6, 6.07) is 57.6. The average Bonchev–Trinajstić information content (AvgIpc) is 3.03. The Morgan fingerprint density at radius 2 is 0.675 bits per heavy atom. The van der Waals surface area contributed by atoms with Crippen molar-refractivity contribution in [2.75, 3.05) is 0 Å². The molecule has 0 atom stereocenters. The van der Waals surface area contributed by atoms with Crippen LogP contribution in [0, 0.1) is 0 Å². The van der Waals surface area contributed by atoms with E-state index in [1.54, 1.807) is 0 Å². The molecular formula is C40H26. The third-order valence-corrected chi connectivity index (χ3v) is 8.21. The second-order valence-electron chi connectivity index (χ2n) is 10.5. The van der Waals surface area contributed by atoms with Gasteiger partial charge in [-0.3, -0.25) is 0 Å². The zero-order chi connectivity index (χ0) is 26.5. The predicted molar refractivity (Wildman–Crippen MR) is 173 cm³/mol. The van der Waals surface area contributed by atoms with Crippen molar-refractivity contribution < 1.29 is 0 Å². The lowest BCUT2D eigenvalue weighted by Gasteiger charge is -2.19. The summed E-state index contributed by atoms with van der Waals surface area (Å²) in [5, 5.41) is 10.2. The van der Waals surface area contributed by atoms with Crippen molar-refractivity contribution in [1.82, 2.24) is 0 Å². The van der Waals surface area contributed by atoms with E-state index >= 15 is 0 Å². The summed E-state index contributed by atoms with van der Waals surface area (Å²) in [6.45, 7) is 0. The van der Waals surface area contributed by atoms with Crippen LogP contribution in [-0.2, 0) is 0 Å². The van der Waals surface area contributed by atoms with E-state index in [0.29, 0.717) is 0 Å². The quantitative estimate of drug-likeness (QED) is 0.209. The van der Waals surface area contributed by atoms with Gasteiger partial charge in [0.15, 0.2) is 0 Å². The van der Waals surface area contributed by atoms with E-state index in [4.69, 9.17) is 0 Å². The molecule has 0 radical (unpaired) electrons. The van der Waals surface area contributed by atoms with E-state index < -0.39 is 0 Å². The van der Waals surface area contributed by atoms with Gasteiger partial charge in [-0.2, -0.15) is 0 Å². The Morgan fingerprint density at radius 1 is 0.225 bits per heavy atom. The van der Waals surface area contributed by atoms with Crippen molar-refractivity contribution in [2.45, 2.75) is 0 Å². The zero-order valence-corrected chi connectivity index (χ0v) is 22.0. The van der Waals surface area contributed by atoms with E-state index in [-0.39, 0.29) is 0 Å². The van der Waals surface area contributed by atoms with Crippen molar-refractivity contribution in [3.05, 3.63) is 158 Å². The summed E-state index contributed by atoms with van der Waals surface area (Å²) in [6.07, 6.45) is 0. The standard InChI is InChI=1S/C40H26/c1-2-12-29(13-3-1)39-35-16-8-9-17-36(35)40(34-21-19-28-11-5-7-15-31(28)25-34)38-26-33(22-23-37(38)39)32-20-18-27-10-4-6-14-30(27)24-32/h1-26H. The number of rotatable bonds is 3. The molecule has 8 aromatic carbocycles. The molecule has 8 aromatic rings. The fourth-order valence-corrected chi connectivity index (χ4v) is 6.30. The Bertz CT molecular complexity index is 2200. The van der Waals surface area contributed by atoms with Crippen LogP contribution >= 0.6 is 0 Å². The van der Waals surface area contributed by atoms with Crippen LogP contribution in [0.15, 0.2) is 158 Å². The van der Waals surface area contributed by atoms with Crippen LogP contribution in [0.25, 0.3) is 76.5 Å². The average molecular weight is 507 g/mol. The van der Waals surface area contributed by atoms with E-state index in [9.17, 15) is 0 Å². The Labute approximate surface area is 233 Å². The van der Waals surface area contributed by atoms with Gasteiger partial charge in [0.25, 0.3) is 0 Å². The molecule has 0 saturated heterocycles. The van der Waals surface area contributed by atoms with Gasteiger partial charge in [0.2, 0.25) is 0 Å². The number of benzene rings is 8. The molecule has 0 heterocycles. The Morgan fingerprint density at radius 3 is 1.35 bits per heavy atom. The first kappa shape index (κ1) is 22.8. The summed E-state index contributed by atoms with van der Waals surface area (Å²) in [5.41, 5.74) is 7.54. The minimum absolute atomic E-state index is 1.23. The van der Waals surface area contributed by atoms with E-state index in [1.165, 1.54) is 76.5 Å². The Hall–Kier alpha value is -5.20. The molecule has 0 aromatic heterocycles. The second kappa shape index (κ2) is 9.22. The Kier molecular flexibility index (Phi) is 5.24. The van der Waals surface area contributed by atoms with Gasteiger partial charge in [-0.15, -0.1) is 0 Å². The molecule has 0 fully saturated rings. The van der Waals surface area contributed by atoms with Crippen LogP contribution in [0.1, 0.15) is 0 Å². The molecule has 0 bridgehead atoms. The summed E-state index contributed by atoms with van der Waals surface area (Å²) in [5.74, 6) is 0. The summed E-state index contributed by atoms with van der Waals surface area (Å²) < 4.78 is 0. The van der Waals surface area contributed by atoms with Crippen molar-refractivity contribution in [3.8, 4) is 33.4 Å². The summed E-state index contributed by atoms with van der Waals surface area (Å²) in [4.78, 5) is 0. The molecule has 0 spiro atoms. The number of hydrogen-bond acceptors (Lipinski definition) is 0. The lowest BCUT2D eigenvalue weighted by atomic mass is 9.84. The molecule has 0 amide bonds. The molecule has 0 heteroatoms. The van der Waals surface area contributed by atoms with Gasteiger partial charge >= 0.3 is 0 Å². The van der Waals surface area contributed by atoms with E-state index in [2.05, 4.69) is 158 Å². The first-order valence-corrected chi connectivity index (χ1v) is 13.9. The van der Waals surface area contributed by atoms with Crippen molar-refractivity contribution in [1.29, 1.82) is 0 Å². The normalized spacial score (nSPS) is 11.5. The van der Waals surface area contributed by atoms with Gasteiger partial charge in [0.1, 0.15) is 0 Å². The van der Waals surface area contributed by atoms with Crippen LogP contribution in [0.5, 0.6) is 0 Å². The van der Waals surface area contributed by atoms with Crippen LogP contribution in [0.2, 0.25) is 0 Å². The predicted octanol–water partition coefficient (Wildman–Crippen LogP) is 11.3. The van der Waals surface area contributed by atoms with Crippen LogP contribution < -0.4 is 0 Å². The molecule has 0 unspecified atom stereocenters. The van der Waals surface area contributed by atoms with Crippen molar-refractivity contribution >= 4 is 43.1 Å². The number of hydrogen-bond donors (Lipinski definition) is 0. The van der Waals surface area contributed by atoms with Gasteiger partial charge in [-0.1, -0.05) is 140 Å². The lowest BCUT2D eigenvalue weighted by molar-refractivity contribution is 1.65. The second-order valence-corrected chi connectivity index (χ2v) is 10.5. The molecule has 186 valence electrons. The van der Waals surface area contributed by atoms with Gasteiger partial charge < -0.3 is 0 Å². The zero-order valence-electron chi connectivity index (χ0n) is 22.0. The first-order valence-electron chi connectivity index (χ1n) is 13.9. The maximum atomic E-state index is 2.41. The molecule has 0 aliphatic rings. The highest BCUT2D eigenvalue weighted by Gasteiger charge is 2.17. The number of fused-ring (bicyclic) bond motifs is 4. The van der Waals surface area contributed by atoms with E-state index in [1.807, 2.05) is 0 Å². The third-order valence-electron chi connectivity index (χ3n) is 8.21. The molecule has 0 nitrogen and oxygen atoms in total. The van der Waals surface area contributed by atoms with Crippen molar-refractivity contribution in [3.63, 3.8) is 0 Å². The fourth-order valence-electron chi connectivity index (χ4n) is 6.30. The topological polar surface area (TPSA) is 0 Å². The highest BCUT2D eigenvalue weighted by Crippen LogP contribution is 2.45.